The lowest BCUT2D eigenvalue weighted by Crippen LogP contribution is -2.51. The molecule has 2 aromatic rings. The lowest BCUT2D eigenvalue weighted by atomic mass is 9.97. The zero-order chi connectivity index (χ0) is 24.9. The summed E-state index contributed by atoms with van der Waals surface area (Å²) in [5.41, 5.74) is 11.3. The summed E-state index contributed by atoms with van der Waals surface area (Å²) in [4.78, 5) is 40.4. The number of anilines is 1. The molecule has 0 bridgehead atoms. The molecule has 1 aromatic heterocycles. The zero-order valence-corrected chi connectivity index (χ0v) is 20.8. The number of nitrogens with two attached hydrogens (primary N) is 2. The van der Waals surface area contributed by atoms with Crippen LogP contribution in [-0.2, 0) is 4.79 Å². The molecule has 1 aromatic carbocycles. The van der Waals surface area contributed by atoms with Gasteiger partial charge in [-0.05, 0) is 55.4 Å². The number of amides is 3. The van der Waals surface area contributed by atoms with E-state index in [0.717, 1.165) is 11.5 Å². The van der Waals surface area contributed by atoms with Gasteiger partial charge < -0.3 is 26.4 Å². The van der Waals surface area contributed by atoms with Crippen LogP contribution < -0.4 is 21.5 Å². The number of carbonyl (C=O) groups excluding carboxylic acids is 3. The van der Waals surface area contributed by atoms with E-state index < -0.39 is 23.4 Å². The van der Waals surface area contributed by atoms with Crippen LogP contribution in [0.2, 0.25) is 0 Å². The highest BCUT2D eigenvalue weighted by molar-refractivity contribution is 7.09. The van der Waals surface area contributed by atoms with Gasteiger partial charge in [0.05, 0.1) is 12.8 Å². The van der Waals surface area contributed by atoms with Gasteiger partial charge >= 0.3 is 0 Å². The number of hydrogen-bond acceptors (Lipinski definition) is 7. The van der Waals surface area contributed by atoms with E-state index in [1.54, 1.807) is 31.4 Å². The molecule has 1 unspecified atom stereocenters. The third kappa shape index (κ3) is 6.22. The first kappa shape index (κ1) is 26.1. The molecule has 0 fully saturated rings. The molecule has 2 rings (SSSR count). The smallest absolute Gasteiger partial charge is 0.270 e. The van der Waals surface area contributed by atoms with Crippen molar-refractivity contribution in [3.8, 4) is 5.75 Å². The van der Waals surface area contributed by atoms with Crippen LogP contribution in [-0.4, -0.2) is 46.2 Å². The Morgan fingerprint density at radius 3 is 2.27 bits per heavy atom. The molecule has 10 heteroatoms. The van der Waals surface area contributed by atoms with Crippen molar-refractivity contribution in [2.75, 3.05) is 19.4 Å². The Kier molecular flexibility index (Phi) is 8.43. The van der Waals surface area contributed by atoms with E-state index in [2.05, 4.69) is 9.69 Å². The van der Waals surface area contributed by atoms with E-state index in [1.807, 2.05) is 34.6 Å². The van der Waals surface area contributed by atoms with Gasteiger partial charge in [0.2, 0.25) is 5.91 Å². The molecule has 33 heavy (non-hydrogen) atoms. The largest absolute Gasteiger partial charge is 0.497 e. The topological polar surface area (TPSA) is 141 Å². The van der Waals surface area contributed by atoms with Gasteiger partial charge in [0.1, 0.15) is 16.7 Å². The van der Waals surface area contributed by atoms with Gasteiger partial charge in [0.15, 0.2) is 5.69 Å². The molecule has 0 aliphatic rings. The lowest BCUT2D eigenvalue weighted by Gasteiger charge is -2.35. The summed E-state index contributed by atoms with van der Waals surface area (Å²) in [6, 6.07) is 6.06. The third-order valence-corrected chi connectivity index (χ3v) is 6.17. The number of primary amides is 1. The molecule has 0 saturated carbocycles. The predicted molar refractivity (Wildman–Crippen MR) is 129 cm³/mol. The summed E-state index contributed by atoms with van der Waals surface area (Å²) in [5, 5.41) is 3.05. The van der Waals surface area contributed by atoms with Gasteiger partial charge in [-0.15, -0.1) is 0 Å². The number of nitrogens with zero attached hydrogens (tertiary/aromatic N) is 2. The molecule has 180 valence electrons. The van der Waals surface area contributed by atoms with Crippen LogP contribution in [0, 0.1) is 5.92 Å². The van der Waals surface area contributed by atoms with E-state index in [-0.39, 0.29) is 34.6 Å². The van der Waals surface area contributed by atoms with E-state index >= 15 is 0 Å². The van der Waals surface area contributed by atoms with Crippen molar-refractivity contribution in [1.82, 2.24) is 14.6 Å². The molecule has 1 heterocycles. The first-order chi connectivity index (χ1) is 15.4. The minimum Gasteiger partial charge on any atom is -0.497 e. The second-order valence-electron chi connectivity index (χ2n) is 8.89. The summed E-state index contributed by atoms with van der Waals surface area (Å²) in [7, 11) is 1.56. The number of hydrogen-bond donors (Lipinski definition) is 3. The highest BCUT2D eigenvalue weighted by Gasteiger charge is 2.36. The maximum Gasteiger partial charge on any atom is 0.270 e. The number of rotatable bonds is 10. The van der Waals surface area contributed by atoms with E-state index in [4.69, 9.17) is 16.2 Å². The summed E-state index contributed by atoms with van der Waals surface area (Å²) in [6.07, 6.45) is 0.704. The highest BCUT2D eigenvalue weighted by Crippen LogP contribution is 2.31. The van der Waals surface area contributed by atoms with Crippen molar-refractivity contribution in [3.63, 3.8) is 0 Å². The Hall–Kier alpha value is -3.14. The predicted octanol–water partition coefficient (Wildman–Crippen LogP) is 2.98. The van der Waals surface area contributed by atoms with Crippen LogP contribution in [0.1, 0.15) is 72.8 Å². The molecule has 1 atom stereocenters. The number of nitrogen functional groups attached to an aromatic ring is 1. The normalized spacial score (nSPS) is 12.3. The molecule has 0 aliphatic heterocycles. The van der Waals surface area contributed by atoms with Crippen molar-refractivity contribution in [3.05, 3.63) is 40.4 Å². The molecular formula is C23H33N5O4S. The molecule has 5 N–H and O–H groups in total. The Labute approximate surface area is 198 Å². The van der Waals surface area contributed by atoms with Crippen molar-refractivity contribution in [2.24, 2.45) is 11.7 Å². The van der Waals surface area contributed by atoms with Crippen molar-refractivity contribution in [1.29, 1.82) is 0 Å². The van der Waals surface area contributed by atoms with Crippen LogP contribution >= 0.6 is 11.5 Å². The van der Waals surface area contributed by atoms with Crippen molar-refractivity contribution < 1.29 is 19.1 Å². The van der Waals surface area contributed by atoms with Crippen molar-refractivity contribution in [2.45, 2.75) is 52.6 Å². The van der Waals surface area contributed by atoms with Crippen LogP contribution in [0.3, 0.4) is 0 Å². The average molecular weight is 476 g/mol. The Balaban J connectivity index is 2.60. The Morgan fingerprint density at radius 2 is 1.82 bits per heavy atom. The van der Waals surface area contributed by atoms with E-state index in [1.165, 1.54) is 4.90 Å². The summed E-state index contributed by atoms with van der Waals surface area (Å²) >= 11 is 0.797. The maximum atomic E-state index is 13.7. The molecule has 0 aliphatic carbocycles. The monoisotopic (exact) mass is 475 g/mol. The average Bonchev–Trinajstić information content (AvgIpc) is 3.14. The fourth-order valence-corrected chi connectivity index (χ4v) is 3.97. The number of ether oxygens (including phenoxy) is 1. The second kappa shape index (κ2) is 10.7. The number of benzene rings is 1. The van der Waals surface area contributed by atoms with Gasteiger partial charge in [-0.1, -0.05) is 32.9 Å². The molecule has 3 amide bonds. The van der Waals surface area contributed by atoms with Crippen LogP contribution in [0.15, 0.2) is 24.3 Å². The minimum absolute atomic E-state index is 0.0476. The van der Waals surface area contributed by atoms with Crippen LogP contribution in [0.5, 0.6) is 5.75 Å². The number of methoxy groups -OCH3 is 1. The minimum atomic E-state index is -0.935. The highest BCUT2D eigenvalue weighted by atomic mass is 32.1. The molecule has 0 radical (unpaired) electrons. The fraction of sp³-hybridized carbons (Fsp3) is 0.478. The van der Waals surface area contributed by atoms with E-state index in [9.17, 15) is 14.4 Å². The van der Waals surface area contributed by atoms with Gasteiger partial charge in [-0.3, -0.25) is 14.4 Å². The van der Waals surface area contributed by atoms with Gasteiger partial charge in [-0.25, -0.2) is 0 Å². The first-order valence-corrected chi connectivity index (χ1v) is 11.5. The van der Waals surface area contributed by atoms with Crippen LogP contribution in [0.4, 0.5) is 5.69 Å². The van der Waals surface area contributed by atoms with Crippen LogP contribution in [0.25, 0.3) is 0 Å². The Morgan fingerprint density at radius 1 is 1.21 bits per heavy atom. The quantitative estimate of drug-likeness (QED) is 0.482. The first-order valence-electron chi connectivity index (χ1n) is 10.7. The summed E-state index contributed by atoms with van der Waals surface area (Å²) in [5.74, 6) is -0.944. The summed E-state index contributed by atoms with van der Waals surface area (Å²) < 4.78 is 9.19. The Bertz CT molecular complexity index is 1000. The van der Waals surface area contributed by atoms with Gasteiger partial charge in [-0.2, -0.15) is 4.37 Å². The molecular weight excluding hydrogens is 442 g/mol. The third-order valence-electron chi connectivity index (χ3n) is 5.32. The zero-order valence-electron chi connectivity index (χ0n) is 20.0. The molecule has 0 saturated heterocycles. The van der Waals surface area contributed by atoms with E-state index in [0.29, 0.717) is 17.7 Å². The van der Waals surface area contributed by atoms with Crippen molar-refractivity contribution >= 4 is 34.9 Å². The standard InChI is InChI=1S/C23H33N5O4S/c1-7-23(4,5)26-21(30)18(14-8-10-15(32-6)11-9-14)28(12-13(2)3)22(31)19-16(24)17(20(25)29)27-33-19/h8-11,13,18H,7,12,24H2,1-6H3,(H2,25,29)(H,26,30). The molecule has 0 spiro atoms. The molecule has 9 nitrogen and oxygen atoms in total. The van der Waals surface area contributed by atoms with Gasteiger partial charge in [0, 0.05) is 12.1 Å². The lowest BCUT2D eigenvalue weighted by molar-refractivity contribution is -0.127. The number of aromatic nitrogens is 1. The number of carbonyl (C=O) groups is 3. The maximum absolute atomic E-state index is 13.7. The second-order valence-corrected chi connectivity index (χ2v) is 9.67. The number of nitrogens with one attached hydrogen (secondary N) is 1. The summed E-state index contributed by atoms with van der Waals surface area (Å²) in [6.45, 7) is 9.99. The SMILES string of the molecule is CCC(C)(C)NC(=O)C(c1ccc(OC)cc1)N(CC(C)C)C(=O)c1snc(C(N)=O)c1N. The van der Waals surface area contributed by atoms with Gasteiger partial charge in [0.25, 0.3) is 11.8 Å². The fourth-order valence-electron chi connectivity index (χ4n) is 3.21.